The maximum Gasteiger partial charge on any atom is 0.411 e. The zero-order valence-corrected chi connectivity index (χ0v) is 17.6. The fourth-order valence-corrected chi connectivity index (χ4v) is 4.39. The van der Waals surface area contributed by atoms with Crippen LogP contribution < -0.4 is 5.32 Å². The molecule has 0 radical (unpaired) electrons. The molecule has 0 spiro atoms. The number of likely N-dealkylation sites (tertiary alicyclic amines) is 1. The van der Waals surface area contributed by atoms with Crippen molar-refractivity contribution in [2.24, 2.45) is 0 Å². The Labute approximate surface area is 184 Å². The molecule has 3 heterocycles. The van der Waals surface area contributed by atoms with Crippen molar-refractivity contribution in [3.8, 4) is 0 Å². The molecule has 2 N–H and O–H groups in total. The van der Waals surface area contributed by atoms with E-state index in [9.17, 15) is 9.18 Å². The first-order valence-corrected chi connectivity index (χ1v) is 10.9. The van der Waals surface area contributed by atoms with Crippen molar-refractivity contribution in [1.29, 1.82) is 0 Å². The lowest BCUT2D eigenvalue weighted by molar-refractivity contribution is 0.145. The summed E-state index contributed by atoms with van der Waals surface area (Å²) in [6.45, 7) is 3.14. The van der Waals surface area contributed by atoms with Crippen molar-refractivity contribution in [2.75, 3.05) is 31.6 Å². The predicted octanol–water partition coefficient (Wildman–Crippen LogP) is 5.27. The van der Waals surface area contributed by atoms with Crippen LogP contribution in [0.5, 0.6) is 0 Å². The number of fused-ring (bicyclic) bond motifs is 2. The zero-order valence-electron chi connectivity index (χ0n) is 17.6. The van der Waals surface area contributed by atoms with Crippen LogP contribution in [0, 0.1) is 5.82 Å². The summed E-state index contributed by atoms with van der Waals surface area (Å²) < 4.78 is 24.0. The number of piperidine rings is 1. The van der Waals surface area contributed by atoms with E-state index in [1.165, 1.54) is 12.1 Å². The summed E-state index contributed by atoms with van der Waals surface area (Å²) in [6.07, 6.45) is 4.16. The van der Waals surface area contributed by atoms with Gasteiger partial charge in [-0.25, -0.2) is 9.18 Å². The molecule has 0 unspecified atom stereocenters. The molecule has 2 aromatic carbocycles. The number of nitrogens with zero attached hydrogens (tertiary/aromatic N) is 2. The normalized spacial score (nSPS) is 15.4. The Morgan fingerprint density at radius 3 is 2.97 bits per heavy atom. The molecule has 4 aromatic rings. The Bertz CT molecular complexity index is 1230. The van der Waals surface area contributed by atoms with Gasteiger partial charge in [0.25, 0.3) is 0 Å². The number of aromatic amines is 1. The van der Waals surface area contributed by atoms with Crippen LogP contribution in [0.25, 0.3) is 21.9 Å². The van der Waals surface area contributed by atoms with Crippen molar-refractivity contribution in [1.82, 2.24) is 15.0 Å². The number of amides is 1. The van der Waals surface area contributed by atoms with Gasteiger partial charge in [0.05, 0.1) is 12.3 Å². The van der Waals surface area contributed by atoms with Crippen LogP contribution in [0.1, 0.15) is 30.9 Å². The molecule has 1 amide bonds. The molecule has 1 saturated heterocycles. The van der Waals surface area contributed by atoms with Gasteiger partial charge in [-0.2, -0.15) is 0 Å². The predicted molar refractivity (Wildman–Crippen MR) is 120 cm³/mol. The van der Waals surface area contributed by atoms with Crippen LogP contribution in [-0.4, -0.2) is 47.4 Å². The molecule has 8 heteroatoms. The van der Waals surface area contributed by atoms with Crippen LogP contribution in [0.15, 0.2) is 53.2 Å². The maximum absolute atomic E-state index is 13.4. The minimum absolute atomic E-state index is 0.312. The smallest absolute Gasteiger partial charge is 0.411 e. The number of carbonyl (C=O) groups excluding carboxylic acids is 1. The highest BCUT2D eigenvalue weighted by Crippen LogP contribution is 2.32. The van der Waals surface area contributed by atoms with Crippen molar-refractivity contribution >= 4 is 33.7 Å². The number of benzene rings is 2. The molecule has 2 aromatic heterocycles. The first-order valence-electron chi connectivity index (χ1n) is 10.9. The van der Waals surface area contributed by atoms with E-state index in [0.29, 0.717) is 23.8 Å². The summed E-state index contributed by atoms with van der Waals surface area (Å²) in [6, 6.07) is 12.2. The molecule has 1 aliphatic heterocycles. The highest BCUT2D eigenvalue weighted by atomic mass is 19.1. The largest absolute Gasteiger partial charge is 0.449 e. The summed E-state index contributed by atoms with van der Waals surface area (Å²) in [4.78, 5) is 17.5. The third-order valence-corrected chi connectivity index (χ3v) is 6.09. The van der Waals surface area contributed by atoms with Gasteiger partial charge in [0, 0.05) is 46.7 Å². The first-order chi connectivity index (χ1) is 15.7. The highest BCUT2D eigenvalue weighted by Gasteiger charge is 2.25. The molecule has 1 aliphatic rings. The van der Waals surface area contributed by atoms with E-state index in [1.54, 1.807) is 6.07 Å². The molecule has 0 bridgehead atoms. The Morgan fingerprint density at radius 2 is 2.09 bits per heavy atom. The number of H-pyrrole nitrogens is 1. The van der Waals surface area contributed by atoms with Gasteiger partial charge in [-0.05, 0) is 68.8 Å². The molecular weight excluding hydrogens is 411 g/mol. The third-order valence-electron chi connectivity index (χ3n) is 6.09. The monoisotopic (exact) mass is 436 g/mol. The van der Waals surface area contributed by atoms with Gasteiger partial charge in [0.2, 0.25) is 0 Å². The molecular formula is C24H25FN4O3. The number of ether oxygens (including phenoxy) is 1. The Morgan fingerprint density at radius 1 is 1.22 bits per heavy atom. The topological polar surface area (TPSA) is 83.4 Å². The van der Waals surface area contributed by atoms with E-state index in [-0.39, 0.29) is 5.82 Å². The maximum atomic E-state index is 13.4. The summed E-state index contributed by atoms with van der Waals surface area (Å²) >= 11 is 0. The number of hydrogen-bond acceptors (Lipinski definition) is 5. The van der Waals surface area contributed by atoms with Gasteiger partial charge < -0.3 is 19.1 Å². The average Bonchev–Trinajstić information content (AvgIpc) is 3.43. The van der Waals surface area contributed by atoms with Crippen LogP contribution in [0.4, 0.5) is 14.9 Å². The molecule has 7 nitrogen and oxygen atoms in total. The van der Waals surface area contributed by atoms with Gasteiger partial charge in [0.1, 0.15) is 5.82 Å². The lowest BCUT2D eigenvalue weighted by Crippen LogP contribution is -2.34. The molecule has 5 rings (SSSR count). The van der Waals surface area contributed by atoms with Gasteiger partial charge in [0.15, 0.2) is 5.58 Å². The van der Waals surface area contributed by atoms with Gasteiger partial charge >= 0.3 is 6.09 Å². The fourth-order valence-electron chi connectivity index (χ4n) is 4.39. The van der Waals surface area contributed by atoms with Gasteiger partial charge in [-0.15, -0.1) is 0 Å². The number of nitrogens with one attached hydrogen (secondary N) is 2. The molecule has 166 valence electrons. The number of aromatic nitrogens is 2. The Hall–Kier alpha value is -3.39. The molecule has 32 heavy (non-hydrogen) atoms. The molecule has 0 saturated carbocycles. The number of carbonyl (C=O) groups is 1. The van der Waals surface area contributed by atoms with Crippen molar-refractivity contribution < 1.29 is 18.4 Å². The number of rotatable bonds is 6. The summed E-state index contributed by atoms with van der Waals surface area (Å²) in [7, 11) is 0. The number of halogens is 1. The zero-order chi connectivity index (χ0) is 21.9. The SMILES string of the molecule is O=C(Nc1ccc2[nH]ccc2c1)OCCCN1CCC(c2noc3cc(F)ccc23)CC1. The third kappa shape index (κ3) is 4.45. The molecule has 0 aliphatic carbocycles. The van der Waals surface area contributed by atoms with E-state index < -0.39 is 6.09 Å². The summed E-state index contributed by atoms with van der Waals surface area (Å²) in [5.41, 5.74) is 3.17. The van der Waals surface area contributed by atoms with Gasteiger partial charge in [-0.1, -0.05) is 5.16 Å². The fraction of sp³-hybridized carbons (Fsp3) is 0.333. The minimum atomic E-state index is -0.437. The van der Waals surface area contributed by atoms with E-state index in [1.807, 2.05) is 30.5 Å². The van der Waals surface area contributed by atoms with Crippen LogP contribution in [0.2, 0.25) is 0 Å². The number of anilines is 1. The minimum Gasteiger partial charge on any atom is -0.449 e. The second-order valence-corrected chi connectivity index (χ2v) is 8.22. The van der Waals surface area contributed by atoms with Crippen LogP contribution >= 0.6 is 0 Å². The highest BCUT2D eigenvalue weighted by molar-refractivity contribution is 5.90. The lowest BCUT2D eigenvalue weighted by atomic mass is 9.91. The van der Waals surface area contributed by atoms with Crippen molar-refractivity contribution in [3.63, 3.8) is 0 Å². The standard InChI is InChI=1S/C24H25FN4O3/c25-18-2-4-20-22(15-18)32-28-23(20)16-7-11-29(12-8-16)10-1-13-31-24(30)27-19-3-5-21-17(14-19)6-9-26-21/h2-6,9,14-16,26H,1,7-8,10-13H2,(H,27,30). The summed E-state index contributed by atoms with van der Waals surface area (Å²) in [5.74, 6) is 0.00463. The molecule has 1 fully saturated rings. The summed E-state index contributed by atoms with van der Waals surface area (Å²) in [5, 5.41) is 8.92. The van der Waals surface area contributed by atoms with Gasteiger partial charge in [-0.3, -0.25) is 5.32 Å². The first kappa shape index (κ1) is 20.5. The van der Waals surface area contributed by atoms with Crippen LogP contribution in [0.3, 0.4) is 0 Å². The van der Waals surface area contributed by atoms with Crippen molar-refractivity contribution in [3.05, 3.63) is 60.2 Å². The second-order valence-electron chi connectivity index (χ2n) is 8.22. The van der Waals surface area contributed by atoms with E-state index >= 15 is 0 Å². The van der Waals surface area contributed by atoms with Crippen LogP contribution in [-0.2, 0) is 4.74 Å². The van der Waals surface area contributed by atoms with E-state index in [4.69, 9.17) is 9.26 Å². The molecule has 0 atom stereocenters. The number of hydrogen-bond donors (Lipinski definition) is 2. The Balaban J connectivity index is 1.04. The quantitative estimate of drug-likeness (QED) is 0.403. The van der Waals surface area contributed by atoms with E-state index in [0.717, 1.165) is 60.9 Å². The van der Waals surface area contributed by atoms with E-state index in [2.05, 4.69) is 20.4 Å². The lowest BCUT2D eigenvalue weighted by Gasteiger charge is -2.31. The Kier molecular flexibility index (Phi) is 5.77. The second kappa shape index (κ2) is 9.00. The van der Waals surface area contributed by atoms with Crippen molar-refractivity contribution in [2.45, 2.75) is 25.2 Å². The average molecular weight is 436 g/mol.